The zero-order valence-electron chi connectivity index (χ0n) is 10.4. The number of hydrogen-bond acceptors (Lipinski definition) is 4. The summed E-state index contributed by atoms with van der Waals surface area (Å²) in [7, 11) is 0. The average Bonchev–Trinajstić information content (AvgIpc) is 3.10. The van der Waals surface area contributed by atoms with Gasteiger partial charge in [-0.3, -0.25) is 4.79 Å². The Balaban J connectivity index is 1.65. The molecule has 0 aromatic carbocycles. The van der Waals surface area contributed by atoms with Crippen LogP contribution in [-0.2, 0) is 9.53 Å². The lowest BCUT2D eigenvalue weighted by Crippen LogP contribution is -2.28. The Labute approximate surface area is 115 Å². The SMILES string of the molecule is O=C(Nc1nc(-c2ccc[nH]2)cs1)C1CCOCC1. The average molecular weight is 277 g/mol. The molecule has 6 heteroatoms. The second-order valence-corrected chi connectivity index (χ2v) is 5.36. The van der Waals surface area contributed by atoms with Crippen molar-refractivity contribution in [2.75, 3.05) is 18.5 Å². The quantitative estimate of drug-likeness (QED) is 0.905. The van der Waals surface area contributed by atoms with E-state index in [1.165, 1.54) is 11.3 Å². The van der Waals surface area contributed by atoms with Crippen molar-refractivity contribution in [3.05, 3.63) is 23.7 Å². The van der Waals surface area contributed by atoms with Crippen LogP contribution in [0.25, 0.3) is 11.4 Å². The molecule has 2 aromatic heterocycles. The van der Waals surface area contributed by atoms with E-state index in [0.29, 0.717) is 18.3 Å². The molecule has 0 unspecified atom stereocenters. The number of thiazole rings is 1. The van der Waals surface area contributed by atoms with E-state index in [1.807, 2.05) is 23.7 Å². The Morgan fingerprint density at radius 3 is 3.05 bits per heavy atom. The highest BCUT2D eigenvalue weighted by molar-refractivity contribution is 7.14. The van der Waals surface area contributed by atoms with Crippen molar-refractivity contribution < 1.29 is 9.53 Å². The molecule has 0 radical (unpaired) electrons. The minimum Gasteiger partial charge on any atom is -0.381 e. The number of hydrogen-bond donors (Lipinski definition) is 2. The molecule has 1 amide bonds. The minimum atomic E-state index is 0.0478. The van der Waals surface area contributed by atoms with Crippen molar-refractivity contribution in [2.24, 2.45) is 5.92 Å². The van der Waals surface area contributed by atoms with Crippen LogP contribution >= 0.6 is 11.3 Å². The summed E-state index contributed by atoms with van der Waals surface area (Å²) in [5.41, 5.74) is 1.82. The number of ether oxygens (including phenoxy) is 1. The molecule has 1 fully saturated rings. The van der Waals surface area contributed by atoms with Gasteiger partial charge in [0.2, 0.25) is 5.91 Å². The number of H-pyrrole nitrogens is 1. The third-order valence-corrected chi connectivity index (χ3v) is 3.96. The van der Waals surface area contributed by atoms with E-state index < -0.39 is 0 Å². The number of nitrogens with zero attached hydrogens (tertiary/aromatic N) is 1. The summed E-state index contributed by atoms with van der Waals surface area (Å²) < 4.78 is 5.26. The normalized spacial score (nSPS) is 16.4. The van der Waals surface area contributed by atoms with E-state index in [4.69, 9.17) is 4.74 Å². The van der Waals surface area contributed by atoms with Gasteiger partial charge in [0.05, 0.1) is 11.4 Å². The van der Waals surface area contributed by atoms with Crippen LogP contribution in [0.1, 0.15) is 12.8 Å². The minimum absolute atomic E-state index is 0.0478. The molecule has 5 nitrogen and oxygen atoms in total. The van der Waals surface area contributed by atoms with Gasteiger partial charge in [0.25, 0.3) is 0 Å². The van der Waals surface area contributed by atoms with Gasteiger partial charge in [-0.15, -0.1) is 11.3 Å². The van der Waals surface area contributed by atoms with Gasteiger partial charge in [-0.05, 0) is 25.0 Å². The van der Waals surface area contributed by atoms with E-state index in [1.54, 1.807) is 0 Å². The molecule has 100 valence electrons. The number of nitrogens with one attached hydrogen (secondary N) is 2. The fourth-order valence-corrected chi connectivity index (χ4v) is 2.83. The van der Waals surface area contributed by atoms with Crippen LogP contribution in [0.15, 0.2) is 23.7 Å². The lowest BCUT2D eigenvalue weighted by Gasteiger charge is -2.20. The first-order valence-corrected chi connectivity index (χ1v) is 7.19. The van der Waals surface area contributed by atoms with Gasteiger partial charge >= 0.3 is 0 Å². The molecule has 1 saturated heterocycles. The molecule has 2 N–H and O–H groups in total. The van der Waals surface area contributed by atoms with Crippen molar-refractivity contribution in [1.29, 1.82) is 0 Å². The number of aromatic amines is 1. The van der Waals surface area contributed by atoms with Gasteiger partial charge in [0, 0.05) is 30.7 Å². The molecule has 3 rings (SSSR count). The maximum absolute atomic E-state index is 12.1. The van der Waals surface area contributed by atoms with Gasteiger partial charge in [0.15, 0.2) is 5.13 Å². The Morgan fingerprint density at radius 1 is 1.47 bits per heavy atom. The number of carbonyl (C=O) groups excluding carboxylic acids is 1. The molecule has 1 aliphatic heterocycles. The first-order chi connectivity index (χ1) is 9.33. The molecule has 19 heavy (non-hydrogen) atoms. The highest BCUT2D eigenvalue weighted by Crippen LogP contribution is 2.25. The van der Waals surface area contributed by atoms with E-state index in [2.05, 4.69) is 15.3 Å². The zero-order valence-corrected chi connectivity index (χ0v) is 11.2. The Kier molecular flexibility index (Phi) is 3.61. The molecule has 1 aliphatic rings. The zero-order chi connectivity index (χ0) is 13.1. The van der Waals surface area contributed by atoms with Crippen LogP contribution < -0.4 is 5.32 Å². The predicted octanol–water partition coefficient (Wildman–Crippen LogP) is 2.50. The van der Waals surface area contributed by atoms with Gasteiger partial charge < -0.3 is 15.0 Å². The van der Waals surface area contributed by atoms with Crippen LogP contribution in [0, 0.1) is 5.92 Å². The molecule has 0 spiro atoms. The lowest BCUT2D eigenvalue weighted by atomic mass is 10.00. The number of amides is 1. The summed E-state index contributed by atoms with van der Waals surface area (Å²) >= 11 is 1.45. The fraction of sp³-hybridized carbons (Fsp3) is 0.385. The Hall–Kier alpha value is -1.66. The van der Waals surface area contributed by atoms with Crippen molar-refractivity contribution in [2.45, 2.75) is 12.8 Å². The van der Waals surface area contributed by atoms with Crippen LogP contribution in [-0.4, -0.2) is 29.1 Å². The third kappa shape index (κ3) is 2.85. The topological polar surface area (TPSA) is 67.0 Å². The van der Waals surface area contributed by atoms with E-state index in [0.717, 1.165) is 24.2 Å². The highest BCUT2D eigenvalue weighted by Gasteiger charge is 2.22. The molecule has 0 bridgehead atoms. The number of anilines is 1. The van der Waals surface area contributed by atoms with E-state index in [9.17, 15) is 4.79 Å². The molecular weight excluding hydrogens is 262 g/mol. The molecule has 0 aliphatic carbocycles. The summed E-state index contributed by atoms with van der Waals surface area (Å²) in [5, 5.41) is 5.48. The van der Waals surface area contributed by atoms with E-state index >= 15 is 0 Å². The Bertz CT molecular complexity index is 544. The maximum Gasteiger partial charge on any atom is 0.229 e. The summed E-state index contributed by atoms with van der Waals surface area (Å²) in [6.45, 7) is 1.34. The second kappa shape index (κ2) is 5.54. The van der Waals surface area contributed by atoms with Crippen LogP contribution in [0.5, 0.6) is 0 Å². The van der Waals surface area contributed by atoms with Gasteiger partial charge in [-0.1, -0.05) is 0 Å². The van der Waals surface area contributed by atoms with Gasteiger partial charge in [0.1, 0.15) is 0 Å². The van der Waals surface area contributed by atoms with Gasteiger partial charge in [-0.25, -0.2) is 4.98 Å². The number of carbonyl (C=O) groups is 1. The third-order valence-electron chi connectivity index (χ3n) is 3.20. The molecule has 0 atom stereocenters. The first-order valence-electron chi connectivity index (χ1n) is 6.31. The first kappa shape index (κ1) is 12.4. The Morgan fingerprint density at radius 2 is 2.32 bits per heavy atom. The maximum atomic E-state index is 12.1. The molecular formula is C13H15N3O2S. The van der Waals surface area contributed by atoms with Crippen molar-refractivity contribution in [1.82, 2.24) is 9.97 Å². The highest BCUT2D eigenvalue weighted by atomic mass is 32.1. The van der Waals surface area contributed by atoms with Crippen molar-refractivity contribution >= 4 is 22.4 Å². The monoisotopic (exact) mass is 277 g/mol. The number of aromatic nitrogens is 2. The molecule has 2 aromatic rings. The van der Waals surface area contributed by atoms with Crippen LogP contribution in [0.2, 0.25) is 0 Å². The molecule has 0 saturated carbocycles. The van der Waals surface area contributed by atoms with Crippen molar-refractivity contribution in [3.8, 4) is 11.4 Å². The second-order valence-electron chi connectivity index (χ2n) is 4.50. The summed E-state index contributed by atoms with van der Waals surface area (Å²) in [6, 6.07) is 3.88. The fourth-order valence-electron chi connectivity index (χ4n) is 2.11. The number of rotatable bonds is 3. The van der Waals surface area contributed by atoms with Crippen LogP contribution in [0.4, 0.5) is 5.13 Å². The largest absolute Gasteiger partial charge is 0.381 e. The summed E-state index contributed by atoms with van der Waals surface area (Å²) in [4.78, 5) is 19.6. The smallest absolute Gasteiger partial charge is 0.229 e. The van der Waals surface area contributed by atoms with Crippen molar-refractivity contribution in [3.63, 3.8) is 0 Å². The lowest BCUT2D eigenvalue weighted by molar-refractivity contribution is -0.122. The summed E-state index contributed by atoms with van der Waals surface area (Å²) in [6.07, 6.45) is 3.44. The van der Waals surface area contributed by atoms with Gasteiger partial charge in [-0.2, -0.15) is 0 Å². The van der Waals surface area contributed by atoms with E-state index in [-0.39, 0.29) is 11.8 Å². The predicted molar refractivity (Wildman–Crippen MR) is 74.1 cm³/mol. The van der Waals surface area contributed by atoms with Crippen LogP contribution in [0.3, 0.4) is 0 Å². The standard InChI is InChI=1S/C13H15N3O2S/c17-12(9-3-6-18-7-4-9)16-13-15-11(8-19-13)10-2-1-5-14-10/h1-2,5,8-9,14H,3-4,6-7H2,(H,15,16,17). The molecule has 3 heterocycles. The summed E-state index contributed by atoms with van der Waals surface area (Å²) in [5.74, 6) is 0.0993.